The Bertz CT molecular complexity index is 2630. The Balaban J connectivity index is 1.77. The summed E-state index contributed by atoms with van der Waals surface area (Å²) in [7, 11) is 0. The first-order valence-corrected chi connectivity index (χ1v) is 31.3. The number of aliphatic imine (C=N–C) groups is 1. The molecule has 2 saturated heterocycles. The van der Waals surface area contributed by atoms with Gasteiger partial charge in [-0.15, -0.1) is 0 Å². The van der Waals surface area contributed by atoms with E-state index in [9.17, 15) is 72.9 Å². The monoisotopic (exact) mass is 1310 g/mol. The van der Waals surface area contributed by atoms with Crippen LogP contribution in [0.2, 0.25) is 0 Å². The summed E-state index contributed by atoms with van der Waals surface area (Å²) < 4.78 is 0. The maximum atomic E-state index is 14.7. The lowest BCUT2D eigenvalue weighted by atomic mass is 10.0. The van der Waals surface area contributed by atoms with Crippen molar-refractivity contribution in [3.63, 3.8) is 0 Å². The van der Waals surface area contributed by atoms with E-state index in [1.165, 1.54) is 36.2 Å². The number of hydrogen-bond donors (Lipinski definition) is 19. The van der Waals surface area contributed by atoms with Crippen molar-refractivity contribution in [1.82, 2.24) is 67.6 Å². The van der Waals surface area contributed by atoms with E-state index in [4.69, 9.17) is 22.9 Å². The standard InChI is InChI=1S/C55H94N18O15S2/c1-27(2)20-34(45(78)71-42(30(6)75)51(84)69-38(25-90)48(81)66-35(54(87)88)21-31-22-60-26-62-31)65-46(79)36(23-74)67-50(83)41(28(3)4)70-49(82)39-14-10-18-72(39)53(86)40-15-11-19-73(40)52(85)33(13-9-17-61-55(58)59)64-44(77)32(12-7-8-16-56)63-47(80)37(24-89)68-43(76)29(5)57/h22,26-30,32-42,74-75,89-90H,7-21,23-25,56-57H2,1-6H3,(H,60,62)(H,63,80)(H,64,77)(H,65,79)(H,66,81)(H,67,83)(H,68,76)(H,69,84)(H,70,82)(H,71,78)(H,87,88)(H4,58,59,61)/t29-,30+,32-,33-,34-,35-,36-,37-,38-,39-,40-,41-,42-/m0/s1. The minimum Gasteiger partial charge on any atom is -0.480 e. The van der Waals surface area contributed by atoms with E-state index in [1.54, 1.807) is 27.7 Å². The SMILES string of the molecule is CC(C)C[C@H](NC(=O)[C@H](CO)NC(=O)[C@@H](NC(=O)[C@@H]1CCCN1C(=O)[C@@H]1CCCN1C(=O)[C@H](CCCN=C(N)N)NC(=O)[C@H](CCCCN)NC(=O)[C@H](CS)NC(=O)[C@H](C)N)C(C)C)C(=O)N[C@H](C(=O)N[C@@H](CS)C(=O)N[C@@H](Cc1cnc[nH]1)C(=O)O)[C@@H](C)O. The number of unbranched alkanes of at least 4 members (excludes halogenated alkanes) is 1. The fourth-order valence-electron chi connectivity index (χ4n) is 9.96. The van der Waals surface area contributed by atoms with Crippen molar-refractivity contribution >= 4 is 102 Å². The predicted octanol–water partition coefficient (Wildman–Crippen LogP) is -6.15. The molecule has 11 amide bonds. The van der Waals surface area contributed by atoms with Crippen molar-refractivity contribution in [1.29, 1.82) is 0 Å². The number of imidazole rings is 1. The van der Waals surface area contributed by atoms with Crippen LogP contribution in [0.25, 0.3) is 0 Å². The maximum Gasteiger partial charge on any atom is 0.326 e. The highest BCUT2D eigenvalue weighted by Crippen LogP contribution is 2.27. The number of aromatic nitrogens is 2. The number of nitrogens with one attached hydrogen (secondary N) is 10. The van der Waals surface area contributed by atoms with Gasteiger partial charge in [0.25, 0.3) is 0 Å². The quantitative estimate of drug-likeness (QED) is 0.0127. The van der Waals surface area contributed by atoms with Gasteiger partial charge in [-0.3, -0.25) is 57.7 Å². The lowest BCUT2D eigenvalue weighted by molar-refractivity contribution is -0.148. The number of aliphatic hydroxyl groups is 2. The number of hydrogen-bond acceptors (Lipinski definition) is 20. The number of rotatable bonds is 38. The van der Waals surface area contributed by atoms with Gasteiger partial charge in [-0.2, -0.15) is 25.3 Å². The van der Waals surface area contributed by atoms with E-state index in [1.807, 2.05) is 0 Å². The highest BCUT2D eigenvalue weighted by atomic mass is 32.1. The molecule has 0 saturated carbocycles. The molecule has 0 unspecified atom stereocenters. The van der Waals surface area contributed by atoms with Gasteiger partial charge in [0.2, 0.25) is 65.0 Å². The average molecular weight is 1310 g/mol. The number of aliphatic carboxylic acids is 1. The van der Waals surface area contributed by atoms with Crippen LogP contribution >= 0.6 is 25.3 Å². The van der Waals surface area contributed by atoms with E-state index in [0.717, 1.165) is 0 Å². The number of nitrogens with zero attached hydrogens (tertiary/aromatic N) is 4. The number of aromatic amines is 1. The third kappa shape index (κ3) is 24.1. The Morgan fingerprint density at radius 1 is 0.644 bits per heavy atom. The van der Waals surface area contributed by atoms with Gasteiger partial charge in [0.15, 0.2) is 5.96 Å². The predicted molar refractivity (Wildman–Crippen MR) is 334 cm³/mol. The maximum absolute atomic E-state index is 14.7. The van der Waals surface area contributed by atoms with Crippen molar-refractivity contribution in [2.24, 2.45) is 39.8 Å². The third-order valence-electron chi connectivity index (χ3n) is 14.9. The van der Waals surface area contributed by atoms with Crippen LogP contribution in [0.4, 0.5) is 0 Å². The molecule has 2 fully saturated rings. The number of likely N-dealkylation sites (tertiary alicyclic amines) is 2. The van der Waals surface area contributed by atoms with Gasteiger partial charge in [0, 0.05) is 49.5 Å². The zero-order valence-electron chi connectivity index (χ0n) is 51.8. The van der Waals surface area contributed by atoms with Gasteiger partial charge >= 0.3 is 5.97 Å². The van der Waals surface area contributed by atoms with Gasteiger partial charge in [-0.25, -0.2) is 9.78 Å². The van der Waals surface area contributed by atoms with Gasteiger partial charge in [-0.05, 0) is 96.4 Å². The molecule has 2 aliphatic heterocycles. The minimum absolute atomic E-state index is 0.00581. The number of carbonyl (C=O) groups is 12. The number of thiol groups is 2. The normalized spacial score (nSPS) is 18.4. The molecular formula is C55H94N18O15S2. The molecule has 1 aromatic heterocycles. The van der Waals surface area contributed by atoms with Crippen LogP contribution in [0.1, 0.15) is 111 Å². The molecule has 0 aromatic carbocycles. The first kappa shape index (κ1) is 76.9. The summed E-state index contributed by atoms with van der Waals surface area (Å²) in [6, 6.07) is -15.9. The molecule has 0 aliphatic carbocycles. The average Bonchev–Trinajstić information content (AvgIpc) is 1.72. The Kier molecular flexibility index (Phi) is 32.8. The van der Waals surface area contributed by atoms with Crippen LogP contribution in [-0.4, -0.2) is 235 Å². The summed E-state index contributed by atoms with van der Waals surface area (Å²) in [6.45, 7) is 8.80. The van der Waals surface area contributed by atoms with Crippen molar-refractivity contribution in [2.75, 3.05) is 44.3 Å². The highest BCUT2D eigenvalue weighted by molar-refractivity contribution is 7.80. The van der Waals surface area contributed by atoms with Crippen molar-refractivity contribution in [3.8, 4) is 0 Å². The lowest BCUT2D eigenvalue weighted by Gasteiger charge is -2.34. The van der Waals surface area contributed by atoms with Gasteiger partial charge in [-0.1, -0.05) is 27.7 Å². The number of aliphatic hydroxyl groups excluding tert-OH is 2. The van der Waals surface area contributed by atoms with Crippen LogP contribution in [0, 0.1) is 11.8 Å². The van der Waals surface area contributed by atoms with Crippen LogP contribution in [0.15, 0.2) is 17.5 Å². The molecule has 2 aliphatic rings. The number of nitrogens with two attached hydrogens (primary N) is 4. The molecule has 3 heterocycles. The number of guanidine groups is 1. The summed E-state index contributed by atoms with van der Waals surface area (Å²) in [4.78, 5) is 177. The molecule has 35 heteroatoms. The van der Waals surface area contributed by atoms with Crippen LogP contribution < -0.4 is 70.8 Å². The van der Waals surface area contributed by atoms with Crippen molar-refractivity contribution in [3.05, 3.63) is 18.2 Å². The molecule has 33 nitrogen and oxygen atoms in total. The van der Waals surface area contributed by atoms with Crippen LogP contribution in [0.5, 0.6) is 0 Å². The van der Waals surface area contributed by atoms with Gasteiger partial charge in [0.05, 0.1) is 25.1 Å². The molecule has 3 rings (SSSR count). The molecule has 0 spiro atoms. The molecule has 13 atom stereocenters. The van der Waals surface area contributed by atoms with Crippen LogP contribution in [0.3, 0.4) is 0 Å². The van der Waals surface area contributed by atoms with Crippen LogP contribution in [-0.2, 0) is 64.0 Å². The van der Waals surface area contributed by atoms with E-state index in [-0.39, 0.29) is 94.5 Å². The topological polar surface area (TPSA) is 525 Å². The first-order chi connectivity index (χ1) is 42.5. The molecule has 0 radical (unpaired) electrons. The summed E-state index contributed by atoms with van der Waals surface area (Å²) >= 11 is 8.32. The van der Waals surface area contributed by atoms with Gasteiger partial charge < -0.3 is 101 Å². The minimum atomic E-state index is -1.74. The van der Waals surface area contributed by atoms with E-state index in [0.29, 0.717) is 31.4 Å². The largest absolute Gasteiger partial charge is 0.480 e. The number of carbonyl (C=O) groups excluding carboxylic acids is 11. The molecular weight excluding hydrogens is 1220 g/mol. The Morgan fingerprint density at radius 3 is 1.69 bits per heavy atom. The Labute approximate surface area is 533 Å². The second-order valence-corrected chi connectivity index (χ2v) is 23.8. The van der Waals surface area contributed by atoms with Crippen molar-refractivity contribution in [2.45, 2.75) is 191 Å². The second-order valence-electron chi connectivity index (χ2n) is 23.1. The van der Waals surface area contributed by atoms with Crippen molar-refractivity contribution < 1.29 is 72.9 Å². The van der Waals surface area contributed by atoms with E-state index >= 15 is 0 Å². The Hall–Kier alpha value is -7.34. The zero-order chi connectivity index (χ0) is 67.5. The molecule has 506 valence electrons. The Morgan fingerprint density at radius 2 is 1.16 bits per heavy atom. The number of carboxylic acid groups (broad SMARTS) is 1. The summed E-state index contributed by atoms with van der Waals surface area (Å²) in [5.74, 6) is -12.0. The summed E-state index contributed by atoms with van der Waals surface area (Å²) in [5.41, 5.74) is 22.9. The highest BCUT2D eigenvalue weighted by Gasteiger charge is 2.45. The summed E-state index contributed by atoms with van der Waals surface area (Å²) in [6.07, 6.45) is 3.14. The summed E-state index contributed by atoms with van der Waals surface area (Å²) in [5, 5.41) is 53.4. The smallest absolute Gasteiger partial charge is 0.326 e. The van der Waals surface area contributed by atoms with E-state index < -0.39 is 162 Å². The number of amides is 11. The zero-order valence-corrected chi connectivity index (χ0v) is 53.6. The number of H-pyrrole nitrogens is 1. The third-order valence-corrected chi connectivity index (χ3v) is 15.6. The molecule has 21 N–H and O–H groups in total. The first-order valence-electron chi connectivity index (χ1n) is 30.1. The van der Waals surface area contributed by atoms with Gasteiger partial charge in [0.1, 0.15) is 66.5 Å². The number of carboxylic acids is 1. The lowest BCUT2D eigenvalue weighted by Crippen LogP contribution is -2.62. The molecule has 0 bridgehead atoms. The fraction of sp³-hybridized carbons (Fsp3) is 0.709. The second kappa shape index (κ2) is 38.4. The molecule has 1 aromatic rings. The molecule has 90 heavy (non-hydrogen) atoms. The fourth-order valence-corrected chi connectivity index (χ4v) is 10.5. The van der Waals surface area contributed by atoms with E-state index in [2.05, 4.69) is 88.1 Å².